The van der Waals surface area contributed by atoms with Crippen LogP contribution in [0.5, 0.6) is 0 Å². The highest BCUT2D eigenvalue weighted by Crippen LogP contribution is 2.25. The highest BCUT2D eigenvalue weighted by atomic mass is 35.5. The van der Waals surface area contributed by atoms with E-state index in [4.69, 9.17) is 33.7 Å². The van der Waals surface area contributed by atoms with Crippen molar-refractivity contribution in [3.05, 3.63) is 33.8 Å². The van der Waals surface area contributed by atoms with Crippen molar-refractivity contribution in [2.24, 2.45) is 5.73 Å². The van der Waals surface area contributed by atoms with Crippen LogP contribution in [0.1, 0.15) is 11.6 Å². The summed E-state index contributed by atoms with van der Waals surface area (Å²) in [7, 11) is 3.69. The monoisotopic (exact) mass is 276 g/mol. The lowest BCUT2D eigenvalue weighted by Crippen LogP contribution is -2.32. The Labute approximate surface area is 112 Å². The topological polar surface area (TPSA) is 38.5 Å². The predicted octanol–water partition coefficient (Wildman–Crippen LogP) is 2.57. The number of methoxy groups -OCH3 is 1. The van der Waals surface area contributed by atoms with Gasteiger partial charge in [0.05, 0.1) is 6.61 Å². The minimum absolute atomic E-state index is 0.0985. The zero-order valence-corrected chi connectivity index (χ0v) is 11.6. The van der Waals surface area contributed by atoms with Gasteiger partial charge in [-0.1, -0.05) is 23.2 Å². The van der Waals surface area contributed by atoms with Crippen LogP contribution in [0.15, 0.2) is 18.2 Å². The normalized spacial score (nSPS) is 13.1. The van der Waals surface area contributed by atoms with Crippen LogP contribution in [0.3, 0.4) is 0 Å². The second-order valence-corrected chi connectivity index (χ2v) is 4.80. The molecule has 0 aliphatic rings. The first-order valence-electron chi connectivity index (χ1n) is 5.43. The molecule has 0 radical (unpaired) electrons. The number of hydrogen-bond donors (Lipinski definition) is 1. The number of ether oxygens (including phenoxy) is 1. The number of rotatable bonds is 6. The fourth-order valence-corrected chi connectivity index (χ4v) is 2.27. The van der Waals surface area contributed by atoms with Crippen molar-refractivity contribution in [2.75, 3.05) is 33.9 Å². The summed E-state index contributed by atoms with van der Waals surface area (Å²) < 4.78 is 5.06. The number of halogens is 2. The molecule has 1 unspecified atom stereocenters. The fraction of sp³-hybridized carbons (Fsp3) is 0.500. The van der Waals surface area contributed by atoms with Crippen LogP contribution in [-0.4, -0.2) is 38.8 Å². The number of nitrogens with two attached hydrogens (primary N) is 1. The lowest BCUT2D eigenvalue weighted by atomic mass is 10.1. The molecule has 0 aromatic heterocycles. The highest BCUT2D eigenvalue weighted by molar-refractivity contribution is 6.34. The van der Waals surface area contributed by atoms with Crippen LogP contribution in [0.2, 0.25) is 10.0 Å². The average Bonchev–Trinajstić information content (AvgIpc) is 2.26. The van der Waals surface area contributed by atoms with E-state index >= 15 is 0 Å². The molecule has 0 saturated heterocycles. The lowest BCUT2D eigenvalue weighted by molar-refractivity contribution is 0.140. The van der Waals surface area contributed by atoms with Gasteiger partial charge in [0.25, 0.3) is 0 Å². The quantitative estimate of drug-likeness (QED) is 0.868. The van der Waals surface area contributed by atoms with Gasteiger partial charge in [0.15, 0.2) is 0 Å². The Kier molecular flexibility index (Phi) is 6.23. The molecule has 2 N–H and O–H groups in total. The minimum atomic E-state index is 0.0985. The Morgan fingerprint density at radius 1 is 1.29 bits per heavy atom. The van der Waals surface area contributed by atoms with Crippen LogP contribution in [0.25, 0.3) is 0 Å². The van der Waals surface area contributed by atoms with E-state index < -0.39 is 0 Å². The smallest absolute Gasteiger partial charge is 0.0589 e. The molecule has 1 atom stereocenters. The van der Waals surface area contributed by atoms with Crippen molar-refractivity contribution in [3.8, 4) is 0 Å². The van der Waals surface area contributed by atoms with Crippen LogP contribution < -0.4 is 5.73 Å². The van der Waals surface area contributed by atoms with E-state index in [2.05, 4.69) is 4.90 Å². The zero-order chi connectivity index (χ0) is 12.8. The van der Waals surface area contributed by atoms with Gasteiger partial charge >= 0.3 is 0 Å². The molecule has 0 aliphatic heterocycles. The predicted molar refractivity (Wildman–Crippen MR) is 72.8 cm³/mol. The van der Waals surface area contributed by atoms with E-state index in [-0.39, 0.29) is 6.04 Å². The molecule has 0 fully saturated rings. The Morgan fingerprint density at radius 2 is 1.88 bits per heavy atom. The number of benzene rings is 1. The molecule has 0 amide bonds. The third-order valence-corrected chi connectivity index (χ3v) is 3.11. The van der Waals surface area contributed by atoms with E-state index in [9.17, 15) is 0 Å². The van der Waals surface area contributed by atoms with Gasteiger partial charge < -0.3 is 10.5 Å². The molecular weight excluding hydrogens is 259 g/mol. The van der Waals surface area contributed by atoms with Gasteiger partial charge in [-0.05, 0) is 30.8 Å². The van der Waals surface area contributed by atoms with Crippen molar-refractivity contribution in [1.82, 2.24) is 4.90 Å². The summed E-state index contributed by atoms with van der Waals surface area (Å²) in [6.45, 7) is 1.99. The SMILES string of the molecule is COCCN(C)C(CN)c1cc(Cl)cc(Cl)c1. The molecule has 1 rings (SSSR count). The van der Waals surface area contributed by atoms with Crippen LogP contribution in [0.4, 0.5) is 0 Å². The molecule has 0 bridgehead atoms. The average molecular weight is 277 g/mol. The number of hydrogen-bond acceptors (Lipinski definition) is 3. The zero-order valence-electron chi connectivity index (χ0n) is 10.1. The van der Waals surface area contributed by atoms with Gasteiger partial charge in [-0.15, -0.1) is 0 Å². The molecule has 0 heterocycles. The summed E-state index contributed by atoms with van der Waals surface area (Å²) in [5, 5.41) is 1.26. The van der Waals surface area contributed by atoms with Crippen molar-refractivity contribution >= 4 is 23.2 Å². The van der Waals surface area contributed by atoms with E-state index in [1.54, 1.807) is 13.2 Å². The van der Waals surface area contributed by atoms with Crippen LogP contribution in [0, 0.1) is 0 Å². The molecule has 0 saturated carbocycles. The summed E-state index contributed by atoms with van der Waals surface area (Å²) in [6.07, 6.45) is 0. The van der Waals surface area contributed by atoms with E-state index in [0.717, 1.165) is 12.1 Å². The standard InChI is InChI=1S/C12H18Cl2N2O/c1-16(3-4-17-2)12(8-15)9-5-10(13)7-11(14)6-9/h5-7,12H,3-4,8,15H2,1-2H3. The number of likely N-dealkylation sites (N-methyl/N-ethyl adjacent to an activating group) is 1. The van der Waals surface area contributed by atoms with Crippen LogP contribution >= 0.6 is 23.2 Å². The van der Waals surface area contributed by atoms with Gasteiger partial charge in [-0.3, -0.25) is 4.90 Å². The van der Waals surface area contributed by atoms with Crippen molar-refractivity contribution in [3.63, 3.8) is 0 Å². The summed E-state index contributed by atoms with van der Waals surface area (Å²) in [5.41, 5.74) is 6.84. The van der Waals surface area contributed by atoms with Gasteiger partial charge in [0.1, 0.15) is 0 Å². The molecule has 17 heavy (non-hydrogen) atoms. The first-order chi connectivity index (χ1) is 8.08. The molecule has 0 spiro atoms. The maximum absolute atomic E-state index is 5.99. The molecule has 1 aromatic carbocycles. The maximum Gasteiger partial charge on any atom is 0.0589 e. The van der Waals surface area contributed by atoms with E-state index in [1.165, 1.54) is 0 Å². The summed E-state index contributed by atoms with van der Waals surface area (Å²) in [6, 6.07) is 5.61. The third kappa shape index (κ3) is 4.45. The molecule has 3 nitrogen and oxygen atoms in total. The Balaban J connectivity index is 2.84. The molecule has 0 aliphatic carbocycles. The Morgan fingerprint density at radius 3 is 2.35 bits per heavy atom. The van der Waals surface area contributed by atoms with Crippen molar-refractivity contribution < 1.29 is 4.74 Å². The van der Waals surface area contributed by atoms with Gasteiger partial charge in [-0.25, -0.2) is 0 Å². The fourth-order valence-electron chi connectivity index (χ4n) is 1.73. The highest BCUT2D eigenvalue weighted by Gasteiger charge is 2.16. The second-order valence-electron chi connectivity index (χ2n) is 3.93. The Hall–Kier alpha value is -0.320. The molecule has 1 aromatic rings. The second kappa shape index (κ2) is 7.19. The summed E-state index contributed by atoms with van der Waals surface area (Å²) >= 11 is 12.0. The molecule has 96 valence electrons. The van der Waals surface area contributed by atoms with Gasteiger partial charge in [0, 0.05) is 36.3 Å². The van der Waals surface area contributed by atoms with Crippen LogP contribution in [-0.2, 0) is 4.74 Å². The Bertz CT molecular complexity index is 340. The van der Waals surface area contributed by atoms with Gasteiger partial charge in [0.2, 0.25) is 0 Å². The van der Waals surface area contributed by atoms with Crippen molar-refractivity contribution in [1.29, 1.82) is 0 Å². The summed E-state index contributed by atoms with van der Waals surface area (Å²) in [4.78, 5) is 2.13. The first-order valence-corrected chi connectivity index (χ1v) is 6.19. The largest absolute Gasteiger partial charge is 0.383 e. The minimum Gasteiger partial charge on any atom is -0.383 e. The maximum atomic E-state index is 5.99. The van der Waals surface area contributed by atoms with E-state index in [1.807, 2.05) is 19.2 Å². The number of nitrogens with zero attached hydrogens (tertiary/aromatic N) is 1. The van der Waals surface area contributed by atoms with Gasteiger partial charge in [-0.2, -0.15) is 0 Å². The third-order valence-electron chi connectivity index (χ3n) is 2.67. The van der Waals surface area contributed by atoms with E-state index in [0.29, 0.717) is 23.2 Å². The molecule has 5 heteroatoms. The first kappa shape index (κ1) is 14.7. The summed E-state index contributed by atoms with van der Waals surface area (Å²) in [5.74, 6) is 0. The molecular formula is C12H18Cl2N2O. The lowest BCUT2D eigenvalue weighted by Gasteiger charge is -2.27. The van der Waals surface area contributed by atoms with Crippen molar-refractivity contribution in [2.45, 2.75) is 6.04 Å².